The van der Waals surface area contributed by atoms with Crippen LogP contribution in [0.15, 0.2) is 58.2 Å². The molecule has 0 spiro atoms. The number of thioether (sulfide) groups is 1. The van der Waals surface area contributed by atoms with Crippen molar-refractivity contribution in [3.05, 3.63) is 63.8 Å². The summed E-state index contributed by atoms with van der Waals surface area (Å²) in [6.07, 6.45) is 1.71. The Hall–Kier alpha value is -2.36. The SMILES string of the molecule is Cc1cnc(NC(=O)CSc2nc(-c3ccc(Br)cc3)nc3ccc(F)cc23)s1. The molecule has 2 aromatic heterocycles. The molecule has 0 aliphatic carbocycles. The maximum Gasteiger partial charge on any atom is 0.236 e. The van der Waals surface area contributed by atoms with Crippen LogP contribution < -0.4 is 5.32 Å². The molecule has 0 saturated heterocycles. The number of aromatic nitrogens is 3. The number of benzene rings is 2. The van der Waals surface area contributed by atoms with E-state index in [1.165, 1.54) is 35.2 Å². The van der Waals surface area contributed by atoms with Crippen LogP contribution in [0.2, 0.25) is 0 Å². The van der Waals surface area contributed by atoms with E-state index in [0.717, 1.165) is 14.9 Å². The lowest BCUT2D eigenvalue weighted by molar-refractivity contribution is -0.113. The van der Waals surface area contributed by atoms with Gasteiger partial charge in [-0.25, -0.2) is 19.3 Å². The van der Waals surface area contributed by atoms with Crippen molar-refractivity contribution >= 4 is 61.0 Å². The summed E-state index contributed by atoms with van der Waals surface area (Å²) in [7, 11) is 0. The predicted molar refractivity (Wildman–Crippen MR) is 119 cm³/mol. The number of thiazole rings is 1. The summed E-state index contributed by atoms with van der Waals surface area (Å²) in [5.41, 5.74) is 1.46. The van der Waals surface area contributed by atoms with Crippen molar-refractivity contribution in [1.82, 2.24) is 15.0 Å². The van der Waals surface area contributed by atoms with E-state index in [1.54, 1.807) is 12.3 Å². The molecule has 0 radical (unpaired) electrons. The van der Waals surface area contributed by atoms with Gasteiger partial charge in [0.1, 0.15) is 10.8 Å². The van der Waals surface area contributed by atoms with Gasteiger partial charge in [0.2, 0.25) is 5.91 Å². The van der Waals surface area contributed by atoms with E-state index < -0.39 is 0 Å². The van der Waals surface area contributed by atoms with Gasteiger partial charge >= 0.3 is 0 Å². The third-order valence-corrected chi connectivity index (χ3v) is 6.28. The zero-order valence-corrected chi connectivity index (χ0v) is 18.4. The Morgan fingerprint density at radius 3 is 2.72 bits per heavy atom. The number of nitrogens with one attached hydrogen (secondary N) is 1. The molecule has 4 rings (SSSR count). The normalized spacial score (nSPS) is 11.0. The number of hydrogen-bond donors (Lipinski definition) is 1. The van der Waals surface area contributed by atoms with E-state index in [0.29, 0.717) is 26.9 Å². The minimum Gasteiger partial charge on any atom is -0.301 e. The number of nitrogens with zero attached hydrogens (tertiary/aromatic N) is 3. The molecule has 2 heterocycles. The van der Waals surface area contributed by atoms with Gasteiger partial charge in [0, 0.05) is 26.5 Å². The van der Waals surface area contributed by atoms with Gasteiger partial charge in [-0.05, 0) is 37.3 Å². The molecule has 2 aromatic carbocycles. The van der Waals surface area contributed by atoms with Crippen molar-refractivity contribution in [3.8, 4) is 11.4 Å². The maximum atomic E-state index is 13.8. The fourth-order valence-corrected chi connectivity index (χ4v) is 4.37. The van der Waals surface area contributed by atoms with E-state index >= 15 is 0 Å². The Balaban J connectivity index is 1.63. The Morgan fingerprint density at radius 2 is 2.00 bits per heavy atom. The highest BCUT2D eigenvalue weighted by molar-refractivity contribution is 9.10. The van der Waals surface area contributed by atoms with Crippen molar-refractivity contribution in [3.63, 3.8) is 0 Å². The van der Waals surface area contributed by atoms with Crippen LogP contribution in [0.5, 0.6) is 0 Å². The number of rotatable bonds is 5. The zero-order valence-electron chi connectivity index (χ0n) is 15.1. The summed E-state index contributed by atoms with van der Waals surface area (Å²) in [4.78, 5) is 26.6. The highest BCUT2D eigenvalue weighted by Gasteiger charge is 2.13. The lowest BCUT2D eigenvalue weighted by atomic mass is 10.2. The summed E-state index contributed by atoms with van der Waals surface area (Å²) >= 11 is 6.07. The van der Waals surface area contributed by atoms with Crippen LogP contribution in [0.4, 0.5) is 9.52 Å². The molecule has 1 amide bonds. The molecule has 9 heteroatoms. The first-order valence-electron chi connectivity index (χ1n) is 8.56. The Morgan fingerprint density at radius 1 is 1.21 bits per heavy atom. The molecule has 1 N–H and O–H groups in total. The first-order valence-corrected chi connectivity index (χ1v) is 11.2. The number of fused-ring (bicyclic) bond motifs is 1. The van der Waals surface area contributed by atoms with Gasteiger partial charge in [-0.3, -0.25) is 4.79 Å². The molecule has 0 atom stereocenters. The quantitative estimate of drug-likeness (QED) is 0.288. The molecule has 0 bridgehead atoms. The van der Waals surface area contributed by atoms with Crippen LogP contribution in [-0.4, -0.2) is 26.6 Å². The van der Waals surface area contributed by atoms with Crippen molar-refractivity contribution < 1.29 is 9.18 Å². The number of carbonyl (C=O) groups excluding carboxylic acids is 1. The monoisotopic (exact) mass is 488 g/mol. The van der Waals surface area contributed by atoms with Gasteiger partial charge in [-0.15, -0.1) is 11.3 Å². The molecule has 0 aliphatic heterocycles. The number of anilines is 1. The molecule has 0 fully saturated rings. The van der Waals surface area contributed by atoms with Gasteiger partial charge in [0.25, 0.3) is 0 Å². The van der Waals surface area contributed by atoms with E-state index in [4.69, 9.17) is 0 Å². The molecule has 146 valence electrons. The van der Waals surface area contributed by atoms with Gasteiger partial charge in [-0.2, -0.15) is 0 Å². The van der Waals surface area contributed by atoms with E-state index in [-0.39, 0.29) is 17.5 Å². The smallest absolute Gasteiger partial charge is 0.236 e. The first kappa shape index (κ1) is 19.9. The molecule has 4 aromatic rings. The van der Waals surface area contributed by atoms with Crippen molar-refractivity contribution in [2.75, 3.05) is 11.1 Å². The van der Waals surface area contributed by atoms with Gasteiger partial charge < -0.3 is 5.32 Å². The lowest BCUT2D eigenvalue weighted by Crippen LogP contribution is -2.14. The second-order valence-corrected chi connectivity index (χ2v) is 9.25. The molecular weight excluding hydrogens is 475 g/mol. The topological polar surface area (TPSA) is 67.8 Å². The van der Waals surface area contributed by atoms with Crippen LogP contribution in [0.1, 0.15) is 4.88 Å². The fourth-order valence-electron chi connectivity index (χ4n) is 2.61. The lowest BCUT2D eigenvalue weighted by Gasteiger charge is -2.09. The standard InChI is InChI=1S/C20H14BrFN4OS2/c1-11-9-23-20(29-11)25-17(27)10-28-19-15-8-14(22)6-7-16(15)24-18(26-19)12-2-4-13(21)5-3-12/h2-9H,10H2,1H3,(H,23,25,27). The number of carbonyl (C=O) groups is 1. The summed E-state index contributed by atoms with van der Waals surface area (Å²) in [6.45, 7) is 1.92. The summed E-state index contributed by atoms with van der Waals surface area (Å²) in [5, 5.41) is 4.46. The average Bonchev–Trinajstić information content (AvgIpc) is 3.11. The van der Waals surface area contributed by atoms with E-state index in [9.17, 15) is 9.18 Å². The zero-order chi connectivity index (χ0) is 20.4. The van der Waals surface area contributed by atoms with Crippen LogP contribution in [-0.2, 0) is 4.79 Å². The number of amides is 1. The van der Waals surface area contributed by atoms with Crippen LogP contribution in [0.25, 0.3) is 22.3 Å². The minimum atomic E-state index is -0.373. The van der Waals surface area contributed by atoms with Crippen LogP contribution in [0, 0.1) is 12.7 Å². The number of halogens is 2. The molecule has 5 nitrogen and oxygen atoms in total. The summed E-state index contributed by atoms with van der Waals surface area (Å²) in [6, 6.07) is 12.0. The third-order valence-electron chi connectivity index (χ3n) is 3.93. The second-order valence-electron chi connectivity index (χ2n) is 6.13. The van der Waals surface area contributed by atoms with Crippen LogP contribution >= 0.6 is 39.0 Å². The van der Waals surface area contributed by atoms with Crippen molar-refractivity contribution in [2.24, 2.45) is 0 Å². The molecular formula is C20H14BrFN4OS2. The second kappa shape index (κ2) is 8.56. The Bertz CT molecular complexity index is 1200. The maximum absolute atomic E-state index is 13.8. The third kappa shape index (κ3) is 4.80. The average molecular weight is 489 g/mol. The number of aryl methyl sites for hydroxylation is 1. The minimum absolute atomic E-state index is 0.126. The molecule has 29 heavy (non-hydrogen) atoms. The van der Waals surface area contributed by atoms with E-state index in [1.807, 2.05) is 31.2 Å². The largest absolute Gasteiger partial charge is 0.301 e. The van der Waals surface area contributed by atoms with E-state index in [2.05, 4.69) is 36.2 Å². The molecule has 0 aliphatic rings. The Kier molecular flexibility index (Phi) is 5.89. The Labute approximate surface area is 182 Å². The molecule has 0 saturated carbocycles. The summed E-state index contributed by atoms with van der Waals surface area (Å²) in [5.74, 6) is 0.0796. The van der Waals surface area contributed by atoms with Gasteiger partial charge in [0.05, 0.1) is 11.3 Å². The number of hydrogen-bond acceptors (Lipinski definition) is 6. The predicted octanol–water partition coefficient (Wildman–Crippen LogP) is 5.69. The van der Waals surface area contributed by atoms with Crippen molar-refractivity contribution in [1.29, 1.82) is 0 Å². The first-order chi connectivity index (χ1) is 14.0. The molecule has 0 unspecified atom stereocenters. The van der Waals surface area contributed by atoms with Crippen molar-refractivity contribution in [2.45, 2.75) is 11.9 Å². The fraction of sp³-hybridized carbons (Fsp3) is 0.100. The van der Waals surface area contributed by atoms with Crippen LogP contribution in [0.3, 0.4) is 0 Å². The highest BCUT2D eigenvalue weighted by atomic mass is 79.9. The highest BCUT2D eigenvalue weighted by Crippen LogP contribution is 2.30. The van der Waals surface area contributed by atoms with Gasteiger partial charge in [-0.1, -0.05) is 39.8 Å². The summed E-state index contributed by atoms with van der Waals surface area (Å²) < 4.78 is 14.8. The van der Waals surface area contributed by atoms with Gasteiger partial charge in [0.15, 0.2) is 11.0 Å².